The second-order valence-electron chi connectivity index (χ2n) is 12.1. The molecule has 2 amide bonds. The van der Waals surface area contributed by atoms with Crippen molar-refractivity contribution in [1.29, 1.82) is 0 Å². The van der Waals surface area contributed by atoms with Gasteiger partial charge < -0.3 is 50.9 Å². The maximum Gasteiger partial charge on any atom is 0.481 e. The average Bonchev–Trinajstić information content (AvgIpc) is 3.64. The Hall–Kier alpha value is -2.84. The molecule has 0 aliphatic carbocycles. The molecule has 1 saturated heterocycles. The second-order valence-corrected chi connectivity index (χ2v) is 17.5. The van der Waals surface area contributed by atoms with Gasteiger partial charge in [-0.25, -0.2) is 33.0 Å². The Morgan fingerprint density at radius 2 is 1.75 bits per heavy atom. The minimum Gasteiger partial charge on any atom is -0.386 e. The van der Waals surface area contributed by atoms with Crippen LogP contribution in [0, 0.1) is 5.41 Å². The molecule has 0 aromatic carbocycles. The summed E-state index contributed by atoms with van der Waals surface area (Å²) in [5.41, 5.74) is 4.18. The number of Topliss-reactive ketones (excluding diaryl/α,β-unsaturated/α-hetero) is 1. The van der Waals surface area contributed by atoms with Crippen LogP contribution in [-0.2, 0) is 55.5 Å². The number of hydrogen-bond acceptors (Lipinski definition) is 19. The van der Waals surface area contributed by atoms with Crippen LogP contribution in [0.1, 0.15) is 32.9 Å². The van der Waals surface area contributed by atoms with Gasteiger partial charge in [-0.3, -0.25) is 37.3 Å². The molecule has 0 radical (unpaired) electrons. The van der Waals surface area contributed by atoms with Gasteiger partial charge in [0.25, 0.3) is 0 Å². The van der Waals surface area contributed by atoms with Crippen LogP contribution < -0.4 is 16.4 Å². The zero-order chi connectivity index (χ0) is 41.4. The highest BCUT2D eigenvalue weighted by Gasteiger charge is 2.50. The third kappa shape index (κ3) is 14.2. The molecule has 0 saturated carbocycles. The van der Waals surface area contributed by atoms with Gasteiger partial charge in [-0.15, -0.1) is 0 Å². The second kappa shape index (κ2) is 19.5. The summed E-state index contributed by atoms with van der Waals surface area (Å²) < 4.78 is 74.0. The van der Waals surface area contributed by atoms with Crippen molar-refractivity contribution < 1.29 is 89.7 Å². The quantitative estimate of drug-likeness (QED) is 0.0373. The van der Waals surface area contributed by atoms with Crippen LogP contribution in [0.4, 0.5) is 10.2 Å². The molecule has 25 nitrogen and oxygen atoms in total. The first-order valence-electron chi connectivity index (χ1n) is 15.6. The Morgan fingerprint density at radius 1 is 1.07 bits per heavy atom. The number of aliphatic hydroxyl groups excluding tert-OH is 2. The van der Waals surface area contributed by atoms with Crippen molar-refractivity contribution in [2.24, 2.45) is 5.41 Å². The van der Waals surface area contributed by atoms with E-state index in [1.807, 2.05) is 0 Å². The number of fused-ring (bicyclic) bond motifs is 1. The number of thioether (sulfide) groups is 1. The van der Waals surface area contributed by atoms with Crippen molar-refractivity contribution in [3.8, 4) is 0 Å². The monoisotopic (exact) mass is 869 g/mol. The first-order valence-corrected chi connectivity index (χ1v) is 21.1. The number of hydrogen-bond donors (Lipinski definition) is 9. The predicted molar refractivity (Wildman–Crippen MR) is 183 cm³/mol. The van der Waals surface area contributed by atoms with Crippen molar-refractivity contribution in [3.05, 3.63) is 12.7 Å². The highest BCUT2D eigenvalue weighted by atomic mass is 32.2. The maximum atomic E-state index is 12.6. The number of aromatic nitrogens is 4. The number of imidazole rings is 1. The Morgan fingerprint density at radius 3 is 2.40 bits per heavy atom. The molecule has 3 rings (SSSR count). The van der Waals surface area contributed by atoms with Gasteiger partial charge in [-0.05, 0) is 0 Å². The van der Waals surface area contributed by atoms with Gasteiger partial charge in [0.1, 0.15) is 42.9 Å². The van der Waals surface area contributed by atoms with E-state index < -0.39 is 109 Å². The average molecular weight is 870 g/mol. The molecule has 1 aliphatic heterocycles. The number of alkyl halides is 1. The fraction of sp³-hybridized carbons (Fsp3) is 0.640. The number of carbonyl (C=O) groups excluding carboxylic acids is 4. The minimum atomic E-state index is -5.59. The number of phosphoric acid groups is 3. The summed E-state index contributed by atoms with van der Waals surface area (Å²) >= 11 is 0.726. The molecule has 310 valence electrons. The van der Waals surface area contributed by atoms with Crippen LogP contribution in [-0.4, -0.2) is 135 Å². The number of ketones is 1. The number of nitrogens with two attached hydrogens (primary N) is 1. The van der Waals surface area contributed by atoms with E-state index in [0.29, 0.717) is 0 Å². The molecule has 2 unspecified atom stereocenters. The lowest BCUT2D eigenvalue weighted by molar-refractivity contribution is -0.137. The molecule has 2 aromatic rings. The number of ether oxygens (including phenoxy) is 1. The van der Waals surface area contributed by atoms with Crippen LogP contribution in [0.15, 0.2) is 12.7 Å². The van der Waals surface area contributed by atoms with Crippen LogP contribution >= 0.6 is 35.2 Å². The summed E-state index contributed by atoms with van der Waals surface area (Å²) in [7, 11) is -16.5. The number of phosphoric ester groups is 3. The summed E-state index contributed by atoms with van der Waals surface area (Å²) in [4.78, 5) is 97.6. The number of halogens is 1. The number of anilines is 1. The number of amides is 2. The largest absolute Gasteiger partial charge is 0.481 e. The molecule has 3 heterocycles. The van der Waals surface area contributed by atoms with Gasteiger partial charge in [-0.1, -0.05) is 25.6 Å². The molecule has 1 fully saturated rings. The molecule has 0 bridgehead atoms. The van der Waals surface area contributed by atoms with Crippen molar-refractivity contribution in [2.75, 3.05) is 44.5 Å². The lowest BCUT2D eigenvalue weighted by Crippen LogP contribution is -2.46. The third-order valence-corrected chi connectivity index (χ3v) is 11.2. The molecular weight excluding hydrogens is 830 g/mol. The van der Waals surface area contributed by atoms with Crippen LogP contribution in [0.25, 0.3) is 11.2 Å². The Bertz CT molecular complexity index is 1850. The number of rotatable bonds is 22. The summed E-state index contributed by atoms with van der Waals surface area (Å²) in [6.45, 7) is -1.16. The van der Waals surface area contributed by atoms with Gasteiger partial charge in [0, 0.05) is 30.7 Å². The van der Waals surface area contributed by atoms with Gasteiger partial charge in [0.15, 0.2) is 28.6 Å². The fourth-order valence-electron chi connectivity index (χ4n) is 4.55. The normalized spacial score (nSPS) is 21.8. The zero-order valence-electron chi connectivity index (χ0n) is 28.8. The predicted octanol–water partition coefficient (Wildman–Crippen LogP) is -1.41. The smallest absolute Gasteiger partial charge is 0.386 e. The molecule has 0 spiro atoms. The van der Waals surface area contributed by atoms with E-state index in [-0.39, 0.29) is 42.2 Å². The standard InChI is InChI=1S/C25H39FN7O18P3S/c1-25(2,20(38)23(39)29-4-3-15(35)28-5-6-55-16(36)7-13(34)8-26)10-48-54(45,46)51-53(43,44)47-9-14-19(50-52(40,41)42)18(37)24(49-14)33-12-32-17-21(27)30-11-31-22(17)33/h11-12,14,18-20,24,37-38H,3-10H2,1-2H3,(H,28,35)(H,29,39)(H,43,44)(H,45,46)(H2,27,30,31)(H2,40,41,42)/t14-,18-,19-,20+,24-/m1/s1. The SMILES string of the molecule is CC(C)(COP(=O)(O)OP(=O)(O)OC[C@H]1O[C@@H](n2cnc3c(N)ncnc32)[C@H](O)[C@@H]1OP(=O)(O)O)[C@@H](O)C(=O)NCCC(=O)NCCSC(=O)CC(=O)CF. The topological polar surface area (TPSA) is 381 Å². The highest BCUT2D eigenvalue weighted by Crippen LogP contribution is 2.61. The van der Waals surface area contributed by atoms with Gasteiger partial charge in [0.05, 0.1) is 26.0 Å². The van der Waals surface area contributed by atoms with Crippen molar-refractivity contribution in [2.45, 2.75) is 57.3 Å². The Labute approximate surface area is 314 Å². The van der Waals surface area contributed by atoms with E-state index in [1.165, 1.54) is 13.8 Å². The highest BCUT2D eigenvalue weighted by molar-refractivity contribution is 8.13. The molecule has 2 aromatic heterocycles. The van der Waals surface area contributed by atoms with Crippen LogP contribution in [0.2, 0.25) is 0 Å². The number of nitrogens with one attached hydrogen (secondary N) is 2. The fourth-order valence-corrected chi connectivity index (χ4v) is 8.08. The molecule has 55 heavy (non-hydrogen) atoms. The maximum absolute atomic E-state index is 12.6. The Balaban J connectivity index is 1.49. The van der Waals surface area contributed by atoms with E-state index in [1.54, 1.807) is 0 Å². The molecular formula is C25H39FN7O18P3S. The van der Waals surface area contributed by atoms with E-state index in [2.05, 4.69) is 34.4 Å². The van der Waals surface area contributed by atoms with E-state index >= 15 is 0 Å². The number of nitrogens with zero attached hydrogens (tertiary/aromatic N) is 4. The molecule has 7 atom stereocenters. The molecule has 30 heteroatoms. The van der Waals surface area contributed by atoms with Crippen LogP contribution in [0.5, 0.6) is 0 Å². The number of nitrogen functional groups attached to an aromatic ring is 1. The van der Waals surface area contributed by atoms with Crippen molar-refractivity contribution >= 4 is 74.9 Å². The summed E-state index contributed by atoms with van der Waals surface area (Å²) in [5.74, 6) is -2.40. The summed E-state index contributed by atoms with van der Waals surface area (Å²) in [6, 6.07) is 0. The third-order valence-electron chi connectivity index (χ3n) is 7.26. The van der Waals surface area contributed by atoms with E-state index in [4.69, 9.17) is 19.5 Å². The Kier molecular flexibility index (Phi) is 16.5. The minimum absolute atomic E-state index is 0.0166. The van der Waals surface area contributed by atoms with Gasteiger partial charge in [0.2, 0.25) is 11.8 Å². The first-order chi connectivity index (χ1) is 25.4. The van der Waals surface area contributed by atoms with Crippen molar-refractivity contribution in [1.82, 2.24) is 30.2 Å². The lowest BCUT2D eigenvalue weighted by atomic mass is 9.87. The number of aliphatic hydroxyl groups is 2. The van der Waals surface area contributed by atoms with Crippen LogP contribution in [0.3, 0.4) is 0 Å². The summed E-state index contributed by atoms with van der Waals surface area (Å²) in [5, 5.41) is 25.5. The zero-order valence-corrected chi connectivity index (χ0v) is 32.3. The van der Waals surface area contributed by atoms with Crippen molar-refractivity contribution in [3.63, 3.8) is 0 Å². The molecule has 1 aliphatic rings. The lowest BCUT2D eigenvalue weighted by Gasteiger charge is -2.30. The van der Waals surface area contributed by atoms with E-state index in [0.717, 1.165) is 29.0 Å². The number of carbonyl (C=O) groups is 4. The van der Waals surface area contributed by atoms with Gasteiger partial charge in [-0.2, -0.15) is 4.31 Å². The molecule has 10 N–H and O–H groups in total. The van der Waals surface area contributed by atoms with E-state index in [9.17, 15) is 67.1 Å². The van der Waals surface area contributed by atoms with Gasteiger partial charge >= 0.3 is 23.5 Å². The first kappa shape index (κ1) is 46.5. The summed E-state index contributed by atoms with van der Waals surface area (Å²) in [6.07, 6.45) is -7.72.